The maximum atomic E-state index is 11.4. The van der Waals surface area contributed by atoms with E-state index in [0.717, 1.165) is 26.1 Å². The number of rotatable bonds is 7. The van der Waals surface area contributed by atoms with E-state index in [4.69, 9.17) is 0 Å². The summed E-state index contributed by atoms with van der Waals surface area (Å²) in [6, 6.07) is 0. The van der Waals surface area contributed by atoms with E-state index in [2.05, 4.69) is 15.6 Å². The molecule has 0 fully saturated rings. The standard InChI is InChI=1S/C10H19N5O/c1-3-14(2)10(16)9-11-5-4-7-15-8-6-12-13-15/h6,8,11H,3-5,7,9H2,1-2H3. The number of nitrogens with zero attached hydrogens (tertiary/aromatic N) is 4. The van der Waals surface area contributed by atoms with Crippen molar-refractivity contribution < 1.29 is 4.79 Å². The molecule has 0 aliphatic carbocycles. The molecule has 1 aromatic heterocycles. The van der Waals surface area contributed by atoms with Crippen LogP contribution in [0.15, 0.2) is 12.4 Å². The molecule has 0 aromatic carbocycles. The molecular weight excluding hydrogens is 206 g/mol. The highest BCUT2D eigenvalue weighted by Crippen LogP contribution is 1.86. The molecule has 0 saturated heterocycles. The lowest BCUT2D eigenvalue weighted by molar-refractivity contribution is -0.128. The van der Waals surface area contributed by atoms with Crippen LogP contribution in [0.25, 0.3) is 0 Å². The third-order valence-corrected chi connectivity index (χ3v) is 2.39. The first-order valence-electron chi connectivity index (χ1n) is 5.52. The summed E-state index contributed by atoms with van der Waals surface area (Å²) in [5.41, 5.74) is 0. The fourth-order valence-corrected chi connectivity index (χ4v) is 1.22. The van der Waals surface area contributed by atoms with E-state index in [1.165, 1.54) is 0 Å². The summed E-state index contributed by atoms with van der Waals surface area (Å²) in [4.78, 5) is 13.1. The number of amides is 1. The summed E-state index contributed by atoms with van der Waals surface area (Å²) in [5, 5.41) is 10.7. The highest BCUT2D eigenvalue weighted by Gasteiger charge is 2.04. The van der Waals surface area contributed by atoms with Crippen molar-refractivity contribution in [3.63, 3.8) is 0 Å². The molecule has 0 unspecified atom stereocenters. The van der Waals surface area contributed by atoms with E-state index >= 15 is 0 Å². The van der Waals surface area contributed by atoms with E-state index < -0.39 is 0 Å². The van der Waals surface area contributed by atoms with Crippen molar-refractivity contribution >= 4 is 5.91 Å². The second-order valence-electron chi connectivity index (χ2n) is 3.60. The van der Waals surface area contributed by atoms with Crippen molar-refractivity contribution in [2.45, 2.75) is 19.9 Å². The van der Waals surface area contributed by atoms with Crippen molar-refractivity contribution in [3.05, 3.63) is 12.4 Å². The van der Waals surface area contributed by atoms with Gasteiger partial charge in [-0.2, -0.15) is 0 Å². The molecule has 0 bridgehead atoms. The second kappa shape index (κ2) is 6.95. The molecule has 1 amide bonds. The van der Waals surface area contributed by atoms with E-state index in [1.807, 2.05) is 13.1 Å². The van der Waals surface area contributed by atoms with Gasteiger partial charge in [0.15, 0.2) is 0 Å². The monoisotopic (exact) mass is 225 g/mol. The number of carbonyl (C=O) groups excluding carboxylic acids is 1. The Balaban J connectivity index is 2.02. The van der Waals surface area contributed by atoms with Crippen LogP contribution in [0, 0.1) is 0 Å². The zero-order valence-electron chi connectivity index (χ0n) is 9.89. The number of nitrogens with one attached hydrogen (secondary N) is 1. The van der Waals surface area contributed by atoms with Crippen molar-refractivity contribution in [3.8, 4) is 0 Å². The van der Waals surface area contributed by atoms with Crippen LogP contribution in [0.2, 0.25) is 0 Å². The summed E-state index contributed by atoms with van der Waals surface area (Å²) >= 11 is 0. The SMILES string of the molecule is CCN(C)C(=O)CNCCCn1ccnn1. The van der Waals surface area contributed by atoms with Crippen LogP contribution in [0.3, 0.4) is 0 Å². The fourth-order valence-electron chi connectivity index (χ4n) is 1.22. The van der Waals surface area contributed by atoms with E-state index in [-0.39, 0.29) is 5.91 Å². The first-order valence-corrected chi connectivity index (χ1v) is 5.52. The van der Waals surface area contributed by atoms with Gasteiger partial charge in [-0.05, 0) is 19.9 Å². The third-order valence-electron chi connectivity index (χ3n) is 2.39. The number of hydrogen-bond acceptors (Lipinski definition) is 4. The predicted octanol–water partition coefficient (Wildman–Crippen LogP) is -0.264. The molecule has 1 rings (SSSR count). The van der Waals surface area contributed by atoms with Crippen molar-refractivity contribution in [1.29, 1.82) is 0 Å². The van der Waals surface area contributed by atoms with Gasteiger partial charge in [-0.1, -0.05) is 5.21 Å². The molecule has 0 aliphatic rings. The fraction of sp³-hybridized carbons (Fsp3) is 0.700. The van der Waals surface area contributed by atoms with Crippen LogP contribution < -0.4 is 5.32 Å². The molecule has 0 atom stereocenters. The van der Waals surface area contributed by atoms with Gasteiger partial charge in [-0.3, -0.25) is 9.48 Å². The zero-order chi connectivity index (χ0) is 11.8. The van der Waals surface area contributed by atoms with Crippen molar-refractivity contribution in [2.75, 3.05) is 26.7 Å². The minimum absolute atomic E-state index is 0.128. The smallest absolute Gasteiger partial charge is 0.236 e. The minimum atomic E-state index is 0.128. The number of hydrogen-bond donors (Lipinski definition) is 1. The normalized spacial score (nSPS) is 10.4. The molecule has 6 heteroatoms. The Hall–Kier alpha value is -1.43. The number of likely N-dealkylation sites (N-methyl/N-ethyl adjacent to an activating group) is 1. The molecule has 0 aliphatic heterocycles. The number of aromatic nitrogens is 3. The first-order chi connectivity index (χ1) is 7.74. The van der Waals surface area contributed by atoms with Crippen molar-refractivity contribution in [2.24, 2.45) is 0 Å². The molecule has 0 spiro atoms. The molecule has 1 heterocycles. The summed E-state index contributed by atoms with van der Waals surface area (Å²) in [6.07, 6.45) is 4.43. The Morgan fingerprint density at radius 3 is 3.00 bits per heavy atom. The largest absolute Gasteiger partial charge is 0.345 e. The van der Waals surface area contributed by atoms with Gasteiger partial charge in [0.2, 0.25) is 5.91 Å². The van der Waals surface area contributed by atoms with Gasteiger partial charge in [0.05, 0.1) is 12.7 Å². The van der Waals surface area contributed by atoms with Crippen LogP contribution in [0.5, 0.6) is 0 Å². The van der Waals surface area contributed by atoms with Crippen LogP contribution in [-0.2, 0) is 11.3 Å². The predicted molar refractivity (Wildman–Crippen MR) is 60.8 cm³/mol. The lowest BCUT2D eigenvalue weighted by Gasteiger charge is -2.14. The Kier molecular flexibility index (Phi) is 5.49. The summed E-state index contributed by atoms with van der Waals surface area (Å²) in [5.74, 6) is 0.128. The Morgan fingerprint density at radius 2 is 2.38 bits per heavy atom. The molecule has 0 saturated carbocycles. The third kappa shape index (κ3) is 4.39. The first kappa shape index (κ1) is 12.6. The van der Waals surface area contributed by atoms with Gasteiger partial charge < -0.3 is 10.2 Å². The topological polar surface area (TPSA) is 63.1 Å². The van der Waals surface area contributed by atoms with Gasteiger partial charge in [0.1, 0.15) is 0 Å². The van der Waals surface area contributed by atoms with Gasteiger partial charge in [-0.15, -0.1) is 5.10 Å². The summed E-state index contributed by atoms with van der Waals surface area (Å²) < 4.78 is 1.78. The average Bonchev–Trinajstić information content (AvgIpc) is 2.80. The molecular formula is C10H19N5O. The highest BCUT2D eigenvalue weighted by molar-refractivity contribution is 5.77. The quantitative estimate of drug-likeness (QED) is 0.649. The summed E-state index contributed by atoms with van der Waals surface area (Å²) in [6.45, 7) is 4.75. The zero-order valence-corrected chi connectivity index (χ0v) is 9.89. The van der Waals surface area contributed by atoms with E-state index in [0.29, 0.717) is 6.54 Å². The molecule has 16 heavy (non-hydrogen) atoms. The maximum absolute atomic E-state index is 11.4. The lowest BCUT2D eigenvalue weighted by Crippen LogP contribution is -2.35. The number of aryl methyl sites for hydroxylation is 1. The Labute approximate surface area is 95.6 Å². The van der Waals surface area contributed by atoms with Crippen LogP contribution >= 0.6 is 0 Å². The molecule has 1 aromatic rings. The van der Waals surface area contributed by atoms with E-state index in [1.54, 1.807) is 22.8 Å². The lowest BCUT2D eigenvalue weighted by atomic mass is 10.4. The van der Waals surface area contributed by atoms with Gasteiger partial charge >= 0.3 is 0 Å². The Bertz CT molecular complexity index is 298. The van der Waals surface area contributed by atoms with Gasteiger partial charge in [-0.25, -0.2) is 0 Å². The molecule has 0 radical (unpaired) electrons. The summed E-state index contributed by atoms with van der Waals surface area (Å²) in [7, 11) is 1.80. The number of carbonyl (C=O) groups is 1. The van der Waals surface area contributed by atoms with E-state index in [9.17, 15) is 4.79 Å². The van der Waals surface area contributed by atoms with Crippen LogP contribution in [0.4, 0.5) is 0 Å². The highest BCUT2D eigenvalue weighted by atomic mass is 16.2. The molecule has 6 nitrogen and oxygen atoms in total. The van der Waals surface area contributed by atoms with Crippen LogP contribution in [0.1, 0.15) is 13.3 Å². The molecule has 90 valence electrons. The Morgan fingerprint density at radius 1 is 1.56 bits per heavy atom. The minimum Gasteiger partial charge on any atom is -0.345 e. The second-order valence-corrected chi connectivity index (χ2v) is 3.60. The van der Waals surface area contributed by atoms with Crippen molar-refractivity contribution in [1.82, 2.24) is 25.2 Å². The average molecular weight is 225 g/mol. The van der Waals surface area contributed by atoms with Crippen LogP contribution in [-0.4, -0.2) is 52.5 Å². The maximum Gasteiger partial charge on any atom is 0.236 e. The van der Waals surface area contributed by atoms with Gasteiger partial charge in [0, 0.05) is 26.3 Å². The van der Waals surface area contributed by atoms with Gasteiger partial charge in [0.25, 0.3) is 0 Å². The molecule has 1 N–H and O–H groups in total.